The quantitative estimate of drug-likeness (QED) is 0.0342. The molecule has 1 saturated carbocycles. The van der Waals surface area contributed by atoms with E-state index < -0.39 is 0 Å². The summed E-state index contributed by atoms with van der Waals surface area (Å²) in [5.74, 6) is 0.119. The van der Waals surface area contributed by atoms with Crippen molar-refractivity contribution in [2.75, 3.05) is 47.1 Å². The fourth-order valence-electron chi connectivity index (χ4n) is 8.68. The predicted octanol–water partition coefficient (Wildman–Crippen LogP) is 15.8. The molecule has 0 radical (unpaired) electrons. The van der Waals surface area contributed by atoms with Gasteiger partial charge in [-0.05, 0) is 135 Å². The molecule has 1 fully saturated rings. The fraction of sp³-hybridized carbons (Fsp3) is 0.825. The van der Waals surface area contributed by atoms with Crippen LogP contribution in [-0.4, -0.2) is 76.1 Å². The van der Waals surface area contributed by atoms with Crippen molar-refractivity contribution in [2.24, 2.45) is 11.8 Å². The molecular formula is C57H103NO6. The summed E-state index contributed by atoms with van der Waals surface area (Å²) in [6, 6.07) is 0. The van der Waals surface area contributed by atoms with Crippen molar-refractivity contribution in [1.29, 1.82) is 0 Å². The van der Waals surface area contributed by atoms with Gasteiger partial charge in [0, 0.05) is 26.1 Å². The Morgan fingerprint density at radius 1 is 0.547 bits per heavy atom. The third-order valence-electron chi connectivity index (χ3n) is 12.7. The molecule has 0 bridgehead atoms. The highest BCUT2D eigenvalue weighted by Gasteiger charge is 2.39. The van der Waals surface area contributed by atoms with E-state index in [0.717, 1.165) is 83.6 Å². The summed E-state index contributed by atoms with van der Waals surface area (Å²) < 4.78 is 24.4. The van der Waals surface area contributed by atoms with E-state index >= 15 is 0 Å². The van der Waals surface area contributed by atoms with Crippen LogP contribution in [-0.2, 0) is 28.5 Å². The number of unbranched alkanes of at least 4 members (excludes halogenated alkanes) is 20. The van der Waals surface area contributed by atoms with E-state index in [1.807, 2.05) is 14.1 Å². The summed E-state index contributed by atoms with van der Waals surface area (Å²) in [7, 11) is 4.05. The van der Waals surface area contributed by atoms with Gasteiger partial charge in [0.25, 0.3) is 0 Å². The maximum Gasteiger partial charge on any atom is 0.306 e. The molecule has 7 nitrogen and oxygen atoms in total. The smallest absolute Gasteiger partial charge is 0.306 e. The largest absolute Gasteiger partial charge is 0.463 e. The highest BCUT2D eigenvalue weighted by Crippen LogP contribution is 2.40. The number of nitrogens with zero attached hydrogens (tertiary/aromatic N) is 1. The van der Waals surface area contributed by atoms with E-state index in [0.29, 0.717) is 32.7 Å². The molecule has 1 rings (SSSR count). The number of hydrogen-bond acceptors (Lipinski definition) is 7. The van der Waals surface area contributed by atoms with E-state index in [2.05, 4.69) is 74.3 Å². The van der Waals surface area contributed by atoms with Crippen LogP contribution in [0.3, 0.4) is 0 Å². The number of carbonyl (C=O) groups excluding carboxylic acids is 2. The molecule has 0 spiro atoms. The lowest BCUT2D eigenvalue weighted by Crippen LogP contribution is -2.30. The topological polar surface area (TPSA) is 74.3 Å². The van der Waals surface area contributed by atoms with Gasteiger partial charge >= 0.3 is 11.9 Å². The Bertz CT molecular complexity index is 1160. The summed E-state index contributed by atoms with van der Waals surface area (Å²) >= 11 is 0. The molecule has 4 unspecified atom stereocenters. The molecule has 0 aromatic rings. The molecular weight excluding hydrogens is 795 g/mol. The minimum Gasteiger partial charge on any atom is -0.463 e. The molecule has 0 heterocycles. The molecule has 372 valence electrons. The van der Waals surface area contributed by atoms with E-state index in [4.69, 9.17) is 18.9 Å². The summed E-state index contributed by atoms with van der Waals surface area (Å²) in [5.41, 5.74) is 0. The predicted molar refractivity (Wildman–Crippen MR) is 273 cm³/mol. The molecule has 0 amide bonds. The maximum absolute atomic E-state index is 13.3. The van der Waals surface area contributed by atoms with Gasteiger partial charge in [-0.2, -0.15) is 0 Å². The minimum atomic E-state index is -0.258. The third kappa shape index (κ3) is 37.9. The van der Waals surface area contributed by atoms with Crippen molar-refractivity contribution in [3.63, 3.8) is 0 Å². The zero-order valence-corrected chi connectivity index (χ0v) is 42.7. The Hall–Kier alpha value is -2.22. The van der Waals surface area contributed by atoms with Gasteiger partial charge < -0.3 is 23.8 Å². The van der Waals surface area contributed by atoms with Gasteiger partial charge in [-0.15, -0.1) is 0 Å². The lowest BCUT2D eigenvalue weighted by molar-refractivity contribution is -0.153. The molecule has 64 heavy (non-hydrogen) atoms. The monoisotopic (exact) mass is 898 g/mol. The molecule has 0 N–H and O–H groups in total. The second kappa shape index (κ2) is 45.9. The van der Waals surface area contributed by atoms with Crippen LogP contribution in [0.25, 0.3) is 0 Å². The number of hydrogen-bond donors (Lipinski definition) is 0. The van der Waals surface area contributed by atoms with Crippen LogP contribution in [0, 0.1) is 11.8 Å². The lowest BCUT2D eigenvalue weighted by atomic mass is 9.87. The maximum atomic E-state index is 13.3. The first kappa shape index (κ1) is 59.8. The molecule has 0 aromatic heterocycles. The summed E-state index contributed by atoms with van der Waals surface area (Å²) in [6.45, 7) is 9.64. The Labute approximate surface area is 396 Å². The normalized spacial score (nSPS) is 17.3. The van der Waals surface area contributed by atoms with Crippen molar-refractivity contribution >= 4 is 11.9 Å². The first-order chi connectivity index (χ1) is 31.4. The highest BCUT2D eigenvalue weighted by molar-refractivity contribution is 5.70. The third-order valence-corrected chi connectivity index (χ3v) is 12.7. The van der Waals surface area contributed by atoms with Crippen molar-refractivity contribution < 1.29 is 28.5 Å². The van der Waals surface area contributed by atoms with E-state index in [1.54, 1.807) is 0 Å². The van der Waals surface area contributed by atoms with E-state index in [-0.39, 0.29) is 42.6 Å². The van der Waals surface area contributed by atoms with Crippen molar-refractivity contribution in [2.45, 2.75) is 245 Å². The zero-order chi connectivity index (χ0) is 46.4. The zero-order valence-electron chi connectivity index (χ0n) is 42.7. The molecule has 4 atom stereocenters. The molecule has 7 heteroatoms. The molecule has 1 aliphatic rings. The van der Waals surface area contributed by atoms with Gasteiger partial charge in [0.05, 0.1) is 6.61 Å². The van der Waals surface area contributed by atoms with Crippen molar-refractivity contribution in [3.8, 4) is 0 Å². The van der Waals surface area contributed by atoms with Gasteiger partial charge in [0.2, 0.25) is 0 Å². The Balaban J connectivity index is 2.48. The molecule has 0 aromatic carbocycles. The second-order valence-electron chi connectivity index (χ2n) is 19.1. The van der Waals surface area contributed by atoms with Gasteiger partial charge in [-0.3, -0.25) is 9.59 Å². The standard InChI is InChI=1S/C57H103NO6/c1-6-9-12-14-16-18-20-22-24-26-28-30-32-34-36-39-47-61-50-53(62-48-40-37-35-33-31-29-27-25-23-21-19-17-15-13-10-7-2)51-63-57(60)49-52-44-45-55(54(52)42-38-11-8-3)64-56(59)43-41-46-58(4)5/h16-19,22-25,52-55H,6-15,20-21,26-51H2,1-5H3/b18-16-,19-17-,24-22-,25-23-. The number of carbonyl (C=O) groups is 2. The number of rotatable bonds is 46. The molecule has 0 saturated heterocycles. The van der Waals surface area contributed by atoms with Gasteiger partial charge in [0.1, 0.15) is 18.8 Å². The number of esters is 2. The van der Waals surface area contributed by atoms with E-state index in [9.17, 15) is 9.59 Å². The summed E-state index contributed by atoms with van der Waals surface area (Å²) in [5, 5.41) is 0. The average molecular weight is 898 g/mol. The average Bonchev–Trinajstić information content (AvgIpc) is 3.64. The summed E-state index contributed by atoms with van der Waals surface area (Å²) in [4.78, 5) is 28.2. The van der Waals surface area contributed by atoms with Crippen LogP contribution < -0.4 is 0 Å². The van der Waals surface area contributed by atoms with Gasteiger partial charge in [-0.1, -0.05) is 166 Å². The SMILES string of the molecule is CCCCC/C=C\C/C=C\CCCCCCCCOCC(COC(=O)CC1CCC(OC(=O)CCCN(C)C)C1CCCCC)OCCCCCCCC/C=C\C/C=C\CCCCC. The van der Waals surface area contributed by atoms with Gasteiger partial charge in [-0.25, -0.2) is 0 Å². The molecule has 0 aliphatic heterocycles. The van der Waals surface area contributed by atoms with Crippen LogP contribution in [0.2, 0.25) is 0 Å². The van der Waals surface area contributed by atoms with Crippen molar-refractivity contribution in [3.05, 3.63) is 48.6 Å². The Morgan fingerprint density at radius 2 is 1.05 bits per heavy atom. The first-order valence-electron chi connectivity index (χ1n) is 27.2. The fourth-order valence-corrected chi connectivity index (χ4v) is 8.68. The Morgan fingerprint density at radius 3 is 1.59 bits per heavy atom. The Kier molecular flexibility index (Phi) is 42.9. The minimum absolute atomic E-state index is 0.0974. The summed E-state index contributed by atoms with van der Waals surface area (Å²) in [6.07, 6.45) is 55.3. The van der Waals surface area contributed by atoms with Crippen LogP contribution in [0.4, 0.5) is 0 Å². The van der Waals surface area contributed by atoms with Crippen LogP contribution in [0.5, 0.6) is 0 Å². The van der Waals surface area contributed by atoms with Crippen LogP contribution in [0.1, 0.15) is 233 Å². The first-order valence-corrected chi connectivity index (χ1v) is 27.2. The van der Waals surface area contributed by atoms with Crippen molar-refractivity contribution in [1.82, 2.24) is 4.90 Å². The lowest BCUT2D eigenvalue weighted by Gasteiger charge is -2.25. The van der Waals surface area contributed by atoms with E-state index in [1.165, 1.54) is 122 Å². The number of allylic oxidation sites excluding steroid dienone is 8. The highest BCUT2D eigenvalue weighted by atomic mass is 16.6. The molecule has 1 aliphatic carbocycles. The second-order valence-corrected chi connectivity index (χ2v) is 19.1. The van der Waals surface area contributed by atoms with Crippen LogP contribution in [0.15, 0.2) is 48.6 Å². The van der Waals surface area contributed by atoms with Gasteiger partial charge in [0.15, 0.2) is 0 Å². The number of ether oxygens (including phenoxy) is 4. The van der Waals surface area contributed by atoms with Crippen LogP contribution >= 0.6 is 0 Å².